The molecular formula is C26H24N4OS. The summed E-state index contributed by atoms with van der Waals surface area (Å²) in [6, 6.07) is 21.9. The molecule has 5 rings (SSSR count). The lowest BCUT2D eigenvalue weighted by Gasteiger charge is -2.20. The number of nitrogens with one attached hydrogen (secondary N) is 1. The van der Waals surface area contributed by atoms with Crippen molar-refractivity contribution in [2.75, 3.05) is 23.3 Å². The fourth-order valence-electron chi connectivity index (χ4n) is 3.93. The standard InChI is InChI=1S/C26H24N4OS/c31-26(28-21-9-11-22(12-10-21)32-18-19-6-5-13-27-17-19)23-16-20-7-1-2-8-24(20)29-25(23)30-14-3-4-15-30/h1-2,5-13,16-17H,3-4,14-15,18H2,(H,28,31). The number of aromatic nitrogens is 2. The van der Waals surface area contributed by atoms with Crippen LogP contribution in [0.25, 0.3) is 10.9 Å². The number of para-hydroxylation sites is 1. The van der Waals surface area contributed by atoms with Gasteiger partial charge in [0.1, 0.15) is 5.82 Å². The highest BCUT2D eigenvalue weighted by atomic mass is 32.2. The SMILES string of the molecule is O=C(Nc1ccc(SCc2cccnc2)cc1)c1cc2ccccc2nc1N1CCCC1. The molecule has 0 unspecified atom stereocenters. The zero-order valence-electron chi connectivity index (χ0n) is 17.7. The second kappa shape index (κ2) is 9.40. The van der Waals surface area contributed by atoms with Gasteiger partial charge in [0.2, 0.25) is 0 Å². The lowest BCUT2D eigenvalue weighted by atomic mass is 10.1. The van der Waals surface area contributed by atoms with Gasteiger partial charge in [-0.1, -0.05) is 24.3 Å². The van der Waals surface area contributed by atoms with Crippen LogP contribution < -0.4 is 10.2 Å². The van der Waals surface area contributed by atoms with Crippen molar-refractivity contribution in [3.8, 4) is 0 Å². The molecule has 0 aliphatic carbocycles. The number of hydrogen-bond acceptors (Lipinski definition) is 5. The van der Waals surface area contributed by atoms with E-state index >= 15 is 0 Å². The molecule has 1 saturated heterocycles. The first-order valence-electron chi connectivity index (χ1n) is 10.8. The van der Waals surface area contributed by atoms with Crippen molar-refractivity contribution in [1.29, 1.82) is 0 Å². The van der Waals surface area contributed by atoms with E-state index in [1.807, 2.05) is 66.9 Å². The molecule has 1 amide bonds. The van der Waals surface area contributed by atoms with E-state index in [0.717, 1.165) is 59.0 Å². The Balaban J connectivity index is 1.33. The molecule has 0 spiro atoms. The predicted molar refractivity (Wildman–Crippen MR) is 131 cm³/mol. The van der Waals surface area contributed by atoms with Crippen LogP contribution in [0.5, 0.6) is 0 Å². The van der Waals surface area contributed by atoms with Crippen molar-refractivity contribution in [3.05, 3.63) is 90.3 Å². The molecule has 1 aliphatic heterocycles. The number of anilines is 2. The van der Waals surface area contributed by atoms with E-state index in [0.29, 0.717) is 5.56 Å². The lowest BCUT2D eigenvalue weighted by Crippen LogP contribution is -2.24. The van der Waals surface area contributed by atoms with Gasteiger partial charge in [0.15, 0.2) is 0 Å². The Morgan fingerprint density at radius 3 is 2.59 bits per heavy atom. The maximum absolute atomic E-state index is 13.2. The summed E-state index contributed by atoms with van der Waals surface area (Å²) in [5, 5.41) is 4.04. The van der Waals surface area contributed by atoms with E-state index < -0.39 is 0 Å². The summed E-state index contributed by atoms with van der Waals surface area (Å²) in [5.74, 6) is 1.52. The number of fused-ring (bicyclic) bond motifs is 1. The van der Waals surface area contributed by atoms with Crippen LogP contribution in [-0.4, -0.2) is 29.0 Å². The van der Waals surface area contributed by atoms with Crippen molar-refractivity contribution in [1.82, 2.24) is 9.97 Å². The van der Waals surface area contributed by atoms with Crippen LogP contribution in [0.15, 0.2) is 84.0 Å². The van der Waals surface area contributed by atoms with Crippen LogP contribution in [0.3, 0.4) is 0 Å². The zero-order chi connectivity index (χ0) is 21.8. The number of rotatable bonds is 6. The topological polar surface area (TPSA) is 58.1 Å². The molecule has 160 valence electrons. The van der Waals surface area contributed by atoms with E-state index in [9.17, 15) is 4.79 Å². The number of amides is 1. The van der Waals surface area contributed by atoms with E-state index in [2.05, 4.69) is 21.3 Å². The van der Waals surface area contributed by atoms with Crippen LogP contribution in [0.1, 0.15) is 28.8 Å². The Morgan fingerprint density at radius 2 is 1.81 bits per heavy atom. The zero-order valence-corrected chi connectivity index (χ0v) is 18.5. The van der Waals surface area contributed by atoms with Crippen molar-refractivity contribution in [2.45, 2.75) is 23.5 Å². The molecule has 2 aromatic heterocycles. The van der Waals surface area contributed by atoms with Gasteiger partial charge in [0.25, 0.3) is 5.91 Å². The van der Waals surface area contributed by atoms with E-state index in [-0.39, 0.29) is 5.91 Å². The van der Waals surface area contributed by atoms with Crippen molar-refractivity contribution in [2.24, 2.45) is 0 Å². The van der Waals surface area contributed by atoms with Gasteiger partial charge in [-0.05, 0) is 60.9 Å². The van der Waals surface area contributed by atoms with Crippen molar-refractivity contribution < 1.29 is 4.79 Å². The average molecular weight is 441 g/mol. The van der Waals surface area contributed by atoms with Gasteiger partial charge < -0.3 is 10.2 Å². The van der Waals surface area contributed by atoms with Crippen molar-refractivity contribution in [3.63, 3.8) is 0 Å². The highest BCUT2D eigenvalue weighted by molar-refractivity contribution is 7.98. The van der Waals surface area contributed by atoms with Gasteiger partial charge in [-0.3, -0.25) is 9.78 Å². The first-order valence-corrected chi connectivity index (χ1v) is 11.8. The molecule has 2 aromatic carbocycles. The first-order chi connectivity index (χ1) is 15.8. The summed E-state index contributed by atoms with van der Waals surface area (Å²) in [6.07, 6.45) is 5.93. The first kappa shape index (κ1) is 20.5. The summed E-state index contributed by atoms with van der Waals surface area (Å²) in [5.41, 5.74) is 3.51. The largest absolute Gasteiger partial charge is 0.356 e. The third-order valence-corrected chi connectivity index (χ3v) is 6.68. The number of hydrogen-bond donors (Lipinski definition) is 1. The van der Waals surface area contributed by atoms with Crippen molar-refractivity contribution >= 4 is 40.1 Å². The van der Waals surface area contributed by atoms with Crippen LogP contribution in [0.2, 0.25) is 0 Å². The smallest absolute Gasteiger partial charge is 0.259 e. The molecule has 32 heavy (non-hydrogen) atoms. The van der Waals surface area contributed by atoms with Crippen LogP contribution in [-0.2, 0) is 5.75 Å². The monoisotopic (exact) mass is 440 g/mol. The summed E-state index contributed by atoms with van der Waals surface area (Å²) in [6.45, 7) is 1.88. The maximum atomic E-state index is 13.2. The predicted octanol–water partition coefficient (Wildman–Crippen LogP) is 5.77. The fraction of sp³-hybridized carbons (Fsp3) is 0.192. The molecule has 1 fully saturated rings. The Hall–Kier alpha value is -3.38. The van der Waals surface area contributed by atoms with Crippen LogP contribution in [0.4, 0.5) is 11.5 Å². The minimum atomic E-state index is -0.124. The summed E-state index contributed by atoms with van der Waals surface area (Å²) < 4.78 is 0. The minimum absolute atomic E-state index is 0.124. The quantitative estimate of drug-likeness (QED) is 0.386. The maximum Gasteiger partial charge on any atom is 0.259 e. The van der Waals surface area contributed by atoms with Crippen LogP contribution >= 0.6 is 11.8 Å². The molecule has 4 aromatic rings. The normalized spacial score (nSPS) is 13.4. The minimum Gasteiger partial charge on any atom is -0.356 e. The number of benzene rings is 2. The Bertz CT molecular complexity index is 1220. The number of carbonyl (C=O) groups is 1. The molecule has 1 N–H and O–H groups in total. The van der Waals surface area contributed by atoms with E-state index in [1.165, 1.54) is 5.56 Å². The van der Waals surface area contributed by atoms with Gasteiger partial charge in [-0.15, -0.1) is 11.8 Å². The number of nitrogens with zero attached hydrogens (tertiary/aromatic N) is 3. The molecular weight excluding hydrogens is 416 g/mol. The summed E-state index contributed by atoms with van der Waals surface area (Å²) in [4.78, 5) is 25.6. The third kappa shape index (κ3) is 4.60. The highest BCUT2D eigenvalue weighted by Gasteiger charge is 2.22. The molecule has 0 bridgehead atoms. The summed E-state index contributed by atoms with van der Waals surface area (Å²) in [7, 11) is 0. The van der Waals surface area contributed by atoms with Gasteiger partial charge >= 0.3 is 0 Å². The van der Waals surface area contributed by atoms with Gasteiger partial charge in [0.05, 0.1) is 11.1 Å². The van der Waals surface area contributed by atoms with Gasteiger partial charge in [-0.25, -0.2) is 4.98 Å². The number of pyridine rings is 2. The van der Waals surface area contributed by atoms with Gasteiger partial charge in [-0.2, -0.15) is 0 Å². The van der Waals surface area contributed by atoms with E-state index in [4.69, 9.17) is 4.98 Å². The second-order valence-electron chi connectivity index (χ2n) is 7.87. The molecule has 0 atom stereocenters. The lowest BCUT2D eigenvalue weighted by molar-refractivity contribution is 0.102. The Kier molecular flexibility index (Phi) is 6.03. The van der Waals surface area contributed by atoms with Crippen LogP contribution in [0, 0.1) is 0 Å². The number of thioether (sulfide) groups is 1. The van der Waals surface area contributed by atoms with E-state index in [1.54, 1.807) is 18.0 Å². The highest BCUT2D eigenvalue weighted by Crippen LogP contribution is 2.28. The summed E-state index contributed by atoms with van der Waals surface area (Å²) >= 11 is 1.75. The second-order valence-corrected chi connectivity index (χ2v) is 8.92. The molecule has 3 heterocycles. The number of carbonyl (C=O) groups excluding carboxylic acids is 1. The third-order valence-electron chi connectivity index (χ3n) is 5.59. The molecule has 5 nitrogen and oxygen atoms in total. The average Bonchev–Trinajstić information content (AvgIpc) is 3.38. The van der Waals surface area contributed by atoms with Gasteiger partial charge in [0, 0.05) is 47.2 Å². The molecule has 0 radical (unpaired) electrons. The molecule has 6 heteroatoms. The fourth-order valence-corrected chi connectivity index (χ4v) is 4.76. The Morgan fingerprint density at radius 1 is 1.00 bits per heavy atom. The molecule has 1 aliphatic rings. The Labute approximate surface area is 191 Å². The molecule has 0 saturated carbocycles.